The first kappa shape index (κ1) is 31.1. The van der Waals surface area contributed by atoms with E-state index in [1.165, 1.54) is 102 Å². The zero-order valence-corrected chi connectivity index (χ0v) is 31.3. The van der Waals surface area contributed by atoms with Crippen molar-refractivity contribution >= 4 is 89.7 Å². The molecule has 0 saturated heterocycles. The maximum atomic E-state index is 2.64. The Morgan fingerprint density at radius 1 is 0.566 bits per heavy atom. The third-order valence-electron chi connectivity index (χ3n) is 11.9. The molecule has 0 fully saturated rings. The van der Waals surface area contributed by atoms with E-state index in [2.05, 4.69) is 186 Å². The van der Waals surface area contributed by atoms with Gasteiger partial charge in [0.25, 0.3) is 6.71 Å². The highest BCUT2D eigenvalue weighted by Gasteiger charge is 2.46. The molecule has 8 aromatic rings. The molecule has 6 aromatic carbocycles. The van der Waals surface area contributed by atoms with E-state index in [1.807, 2.05) is 0 Å². The molecule has 0 bridgehead atoms. The van der Waals surface area contributed by atoms with Crippen molar-refractivity contribution in [1.29, 1.82) is 0 Å². The summed E-state index contributed by atoms with van der Waals surface area (Å²) in [6, 6.07) is 52.2. The van der Waals surface area contributed by atoms with Gasteiger partial charge in [0.15, 0.2) is 0 Å². The molecule has 0 amide bonds. The van der Waals surface area contributed by atoms with Gasteiger partial charge >= 0.3 is 0 Å². The van der Waals surface area contributed by atoms with Crippen LogP contribution in [0.3, 0.4) is 0 Å². The van der Waals surface area contributed by atoms with Crippen LogP contribution in [-0.2, 0) is 18.3 Å². The monoisotopic (exact) mass is 701 g/mol. The predicted molar refractivity (Wildman–Crippen MR) is 228 cm³/mol. The first-order valence-corrected chi connectivity index (χ1v) is 19.9. The Hall–Kier alpha value is -5.52. The van der Waals surface area contributed by atoms with E-state index in [1.54, 1.807) is 10.4 Å². The predicted octanol–water partition coefficient (Wildman–Crippen LogP) is 11.1. The standard InChI is InChI=1S/C48H40BN3S/c1-48(2,3)31-28-42-45-43(29-31)52(33-18-8-5-9-19-33)46-37-22-12-15-25-44(37)53-47(46)49(45)38-27-26-34(30-41(38)50(42)32-16-6-4-7-17-32)51-39-23-13-10-20-35(39)36-21-11-14-24-40(36)51/h4-11,13-14,16-21,23-24,26-30H,12,15,22,25H2,1-3H3. The fourth-order valence-corrected chi connectivity index (χ4v) is 10.9. The largest absolute Gasteiger partial charge is 0.311 e. The second kappa shape index (κ2) is 11.5. The number of aryl methyl sites for hydroxylation is 1. The maximum absolute atomic E-state index is 2.64. The number of para-hydroxylation sites is 4. The molecule has 0 unspecified atom stereocenters. The van der Waals surface area contributed by atoms with Crippen LogP contribution in [0, 0.1) is 0 Å². The summed E-state index contributed by atoms with van der Waals surface area (Å²) in [5, 5.41) is 2.57. The Kier molecular flexibility index (Phi) is 6.73. The number of anilines is 6. The van der Waals surface area contributed by atoms with Gasteiger partial charge in [0, 0.05) is 54.6 Å². The highest BCUT2D eigenvalue weighted by molar-refractivity contribution is 7.29. The van der Waals surface area contributed by atoms with Crippen LogP contribution in [0.4, 0.5) is 34.1 Å². The van der Waals surface area contributed by atoms with E-state index in [0.717, 1.165) is 6.42 Å². The van der Waals surface area contributed by atoms with Gasteiger partial charge in [0.2, 0.25) is 0 Å². The first-order valence-electron chi connectivity index (χ1n) is 19.1. The molecule has 0 spiro atoms. The quantitative estimate of drug-likeness (QED) is 0.170. The third kappa shape index (κ3) is 4.53. The summed E-state index contributed by atoms with van der Waals surface area (Å²) < 4.78 is 3.96. The Morgan fingerprint density at radius 3 is 1.81 bits per heavy atom. The number of fused-ring (bicyclic) bond motifs is 9. The Labute approximate surface area is 315 Å². The zero-order chi connectivity index (χ0) is 35.4. The van der Waals surface area contributed by atoms with Gasteiger partial charge < -0.3 is 14.4 Å². The van der Waals surface area contributed by atoms with Gasteiger partial charge in [-0.2, -0.15) is 11.3 Å². The topological polar surface area (TPSA) is 11.4 Å². The molecular weight excluding hydrogens is 661 g/mol. The summed E-state index contributed by atoms with van der Waals surface area (Å²) in [5.74, 6) is 0. The highest BCUT2D eigenvalue weighted by Crippen LogP contribution is 2.50. The fourth-order valence-electron chi connectivity index (χ4n) is 9.42. The van der Waals surface area contributed by atoms with Gasteiger partial charge in [-0.05, 0) is 114 Å². The second-order valence-corrected chi connectivity index (χ2v) is 17.1. The third-order valence-corrected chi connectivity index (χ3v) is 13.2. The average molecular weight is 702 g/mol. The molecule has 0 saturated carbocycles. The summed E-state index contributed by atoms with van der Waals surface area (Å²) in [4.78, 5) is 6.79. The van der Waals surface area contributed by atoms with Gasteiger partial charge in [0.1, 0.15) is 0 Å². The van der Waals surface area contributed by atoms with Gasteiger partial charge in [-0.3, -0.25) is 0 Å². The normalized spacial score (nSPS) is 14.7. The number of thiophene rings is 1. The average Bonchev–Trinajstić information content (AvgIpc) is 3.74. The summed E-state index contributed by atoms with van der Waals surface area (Å²) in [6.07, 6.45) is 4.85. The van der Waals surface area contributed by atoms with Crippen LogP contribution in [0.1, 0.15) is 49.6 Å². The number of benzene rings is 6. The van der Waals surface area contributed by atoms with Crippen molar-refractivity contribution < 1.29 is 0 Å². The van der Waals surface area contributed by atoms with Crippen LogP contribution in [0.2, 0.25) is 0 Å². The Balaban J connectivity index is 1.26. The molecular formula is C48H40BN3S. The number of nitrogens with zero attached hydrogens (tertiary/aromatic N) is 3. The Morgan fingerprint density at radius 2 is 1.15 bits per heavy atom. The smallest absolute Gasteiger partial charge is 0.264 e. The highest BCUT2D eigenvalue weighted by atomic mass is 32.1. The minimum Gasteiger partial charge on any atom is -0.311 e. The molecule has 3 nitrogen and oxygen atoms in total. The van der Waals surface area contributed by atoms with Crippen LogP contribution in [0.5, 0.6) is 0 Å². The minimum atomic E-state index is -0.0504. The van der Waals surface area contributed by atoms with Gasteiger partial charge in [0.05, 0.1) is 16.7 Å². The van der Waals surface area contributed by atoms with Crippen molar-refractivity contribution in [2.24, 2.45) is 0 Å². The lowest BCUT2D eigenvalue weighted by Gasteiger charge is -2.44. The second-order valence-electron chi connectivity index (χ2n) is 16.0. The van der Waals surface area contributed by atoms with Gasteiger partial charge in [-0.1, -0.05) is 99.6 Å². The Bertz CT molecular complexity index is 2680. The van der Waals surface area contributed by atoms with E-state index < -0.39 is 0 Å². The molecule has 0 atom stereocenters. The molecule has 0 radical (unpaired) electrons. The van der Waals surface area contributed by atoms with E-state index >= 15 is 0 Å². The SMILES string of the molecule is CC(C)(C)c1cc2c3c(c1)N(c1ccccc1)c1c(sc4c1CCCC4)B3c1ccc(-n3c4ccccc4c4ccccc43)cc1N2c1ccccc1. The van der Waals surface area contributed by atoms with E-state index in [-0.39, 0.29) is 12.1 Å². The van der Waals surface area contributed by atoms with Crippen molar-refractivity contribution in [3.63, 3.8) is 0 Å². The molecule has 256 valence electrons. The van der Waals surface area contributed by atoms with Crippen LogP contribution in [-0.4, -0.2) is 11.3 Å². The summed E-state index contributed by atoms with van der Waals surface area (Å²) in [7, 11) is 0. The molecule has 1 aliphatic carbocycles. The summed E-state index contributed by atoms with van der Waals surface area (Å²) in [6.45, 7) is 7.21. The molecule has 53 heavy (non-hydrogen) atoms. The lowest BCUT2D eigenvalue weighted by molar-refractivity contribution is 0.590. The molecule has 0 N–H and O–H groups in total. The van der Waals surface area contributed by atoms with E-state index in [9.17, 15) is 0 Å². The molecule has 4 heterocycles. The minimum absolute atomic E-state index is 0.0504. The fraction of sp³-hybridized carbons (Fsp3) is 0.167. The van der Waals surface area contributed by atoms with Crippen molar-refractivity contribution in [2.45, 2.75) is 51.9 Å². The van der Waals surface area contributed by atoms with E-state index in [4.69, 9.17) is 0 Å². The number of rotatable bonds is 3. The zero-order valence-electron chi connectivity index (χ0n) is 30.4. The van der Waals surface area contributed by atoms with Crippen molar-refractivity contribution in [3.8, 4) is 5.69 Å². The van der Waals surface area contributed by atoms with Crippen LogP contribution in [0.15, 0.2) is 140 Å². The number of hydrogen-bond acceptors (Lipinski definition) is 3. The summed E-state index contributed by atoms with van der Waals surface area (Å²) >= 11 is 2.09. The lowest BCUT2D eigenvalue weighted by atomic mass is 9.36. The van der Waals surface area contributed by atoms with Gasteiger partial charge in [-0.15, -0.1) is 0 Å². The van der Waals surface area contributed by atoms with Crippen molar-refractivity contribution in [3.05, 3.63) is 156 Å². The molecule has 2 aromatic heterocycles. The number of aromatic nitrogens is 1. The van der Waals surface area contributed by atoms with Crippen LogP contribution < -0.4 is 25.5 Å². The first-order chi connectivity index (χ1) is 26.0. The maximum Gasteiger partial charge on any atom is 0.264 e. The van der Waals surface area contributed by atoms with Crippen molar-refractivity contribution in [1.82, 2.24) is 4.57 Å². The molecule has 11 rings (SSSR count). The number of hydrogen-bond donors (Lipinski definition) is 0. The molecule has 3 aliphatic rings. The van der Waals surface area contributed by atoms with Crippen LogP contribution in [0.25, 0.3) is 27.5 Å². The molecule has 5 heteroatoms. The van der Waals surface area contributed by atoms with Gasteiger partial charge in [-0.25, -0.2) is 0 Å². The lowest BCUT2D eigenvalue weighted by Crippen LogP contribution is -2.60. The van der Waals surface area contributed by atoms with E-state index in [0.29, 0.717) is 0 Å². The molecule has 2 aliphatic heterocycles. The summed E-state index contributed by atoms with van der Waals surface area (Å²) in [5.41, 5.74) is 17.0. The van der Waals surface area contributed by atoms with Crippen molar-refractivity contribution in [2.75, 3.05) is 9.80 Å². The van der Waals surface area contributed by atoms with Crippen LogP contribution >= 0.6 is 11.3 Å².